The van der Waals surface area contributed by atoms with Crippen LogP contribution in [0.2, 0.25) is 0 Å². The summed E-state index contributed by atoms with van der Waals surface area (Å²) < 4.78 is 4.26. The largest absolute Gasteiger partial charge is 0.469 e. The lowest BCUT2D eigenvalue weighted by Gasteiger charge is -2.09. The van der Waals surface area contributed by atoms with E-state index in [0.717, 1.165) is 5.56 Å². The minimum absolute atomic E-state index is 0.157. The molecule has 120 valence electrons. The lowest BCUT2D eigenvalue weighted by atomic mass is 10.0. The average Bonchev–Trinajstić information content (AvgIpc) is 2.62. The molecule has 0 atom stereocenters. The maximum Gasteiger partial charge on any atom is 0.305 e. The Morgan fingerprint density at radius 2 is 1.74 bits per heavy atom. The summed E-state index contributed by atoms with van der Waals surface area (Å²) >= 11 is 0. The summed E-state index contributed by atoms with van der Waals surface area (Å²) in [7, 11) is 1.38. The summed E-state index contributed by atoms with van der Waals surface area (Å²) in [6.45, 7) is 1.76. The number of hydrogen-bond acceptors (Lipinski definition) is 4. The molecule has 1 amide bonds. The van der Waals surface area contributed by atoms with E-state index in [4.69, 9.17) is 5.41 Å². The predicted octanol–water partition coefficient (Wildman–Crippen LogP) is 3.24. The molecule has 2 aromatic carbocycles. The van der Waals surface area contributed by atoms with Gasteiger partial charge in [0.25, 0.3) is 0 Å². The van der Waals surface area contributed by atoms with Crippen LogP contribution in [-0.2, 0) is 14.3 Å². The molecule has 0 fully saturated rings. The molecule has 0 spiro atoms. The van der Waals surface area contributed by atoms with Crippen LogP contribution in [0.4, 0.5) is 5.69 Å². The van der Waals surface area contributed by atoms with Crippen molar-refractivity contribution in [2.24, 2.45) is 0 Å². The average molecular weight is 312 g/mol. The summed E-state index contributed by atoms with van der Waals surface area (Å²) in [5, 5.41) is 10.7. The van der Waals surface area contributed by atoms with Crippen LogP contribution in [0.5, 0.6) is 0 Å². The Morgan fingerprint density at radius 1 is 1.13 bits per heavy atom. The molecule has 0 radical (unpaired) electrons. The van der Waals surface area contributed by atoms with Gasteiger partial charge in [-0.15, -0.1) is 0 Å². The quantitative estimate of drug-likeness (QED) is 0.505. The van der Waals surface area contributed by atoms with Crippen LogP contribution < -0.4 is 5.32 Å². The highest BCUT2D eigenvalue weighted by Gasteiger charge is 2.08. The van der Waals surface area contributed by atoms with Crippen LogP contribution in [0.3, 0.4) is 0 Å². The SMILES string of the molecule is CCC(=O)OC.N=C(c1ccccc1)c1ccccc1NC=O. The zero-order chi connectivity index (χ0) is 17.1. The molecule has 2 aromatic rings. The molecule has 0 aliphatic rings. The minimum atomic E-state index is -0.157. The first kappa shape index (κ1) is 18.1. The van der Waals surface area contributed by atoms with E-state index in [-0.39, 0.29) is 5.97 Å². The third kappa shape index (κ3) is 5.74. The van der Waals surface area contributed by atoms with Crippen LogP contribution in [-0.4, -0.2) is 25.2 Å². The van der Waals surface area contributed by atoms with Crippen molar-refractivity contribution in [2.45, 2.75) is 13.3 Å². The second kappa shape index (κ2) is 9.89. The zero-order valence-electron chi connectivity index (χ0n) is 13.2. The van der Waals surface area contributed by atoms with Crippen LogP contribution in [0.15, 0.2) is 54.6 Å². The topological polar surface area (TPSA) is 79.2 Å². The van der Waals surface area contributed by atoms with E-state index in [9.17, 15) is 9.59 Å². The van der Waals surface area contributed by atoms with Gasteiger partial charge in [-0.2, -0.15) is 0 Å². The molecule has 0 unspecified atom stereocenters. The highest BCUT2D eigenvalue weighted by atomic mass is 16.5. The highest BCUT2D eigenvalue weighted by molar-refractivity contribution is 6.14. The fourth-order valence-electron chi connectivity index (χ4n) is 1.80. The number of rotatable bonds is 5. The van der Waals surface area contributed by atoms with Crippen LogP contribution in [0.1, 0.15) is 24.5 Å². The van der Waals surface area contributed by atoms with E-state index >= 15 is 0 Å². The molecule has 0 saturated carbocycles. The van der Waals surface area contributed by atoms with Gasteiger partial charge >= 0.3 is 5.97 Å². The number of ether oxygens (including phenoxy) is 1. The first-order valence-electron chi connectivity index (χ1n) is 7.14. The molecule has 5 heteroatoms. The van der Waals surface area contributed by atoms with Crippen molar-refractivity contribution < 1.29 is 14.3 Å². The van der Waals surface area contributed by atoms with Gasteiger partial charge in [0, 0.05) is 23.2 Å². The third-order valence-electron chi connectivity index (χ3n) is 2.99. The van der Waals surface area contributed by atoms with E-state index in [0.29, 0.717) is 29.8 Å². The maximum absolute atomic E-state index is 10.5. The molecule has 5 nitrogen and oxygen atoms in total. The van der Waals surface area contributed by atoms with Crippen molar-refractivity contribution >= 4 is 23.8 Å². The highest BCUT2D eigenvalue weighted by Crippen LogP contribution is 2.18. The normalized spacial score (nSPS) is 9.13. The Kier molecular flexibility index (Phi) is 7.78. The number of anilines is 1. The summed E-state index contributed by atoms with van der Waals surface area (Å²) in [6, 6.07) is 16.7. The smallest absolute Gasteiger partial charge is 0.305 e. The first-order valence-corrected chi connectivity index (χ1v) is 7.14. The number of benzene rings is 2. The van der Waals surface area contributed by atoms with Gasteiger partial charge in [0.2, 0.25) is 6.41 Å². The van der Waals surface area contributed by atoms with Crippen LogP contribution in [0.25, 0.3) is 0 Å². The van der Waals surface area contributed by atoms with Crippen LogP contribution in [0, 0.1) is 5.41 Å². The first-order chi connectivity index (χ1) is 11.1. The van der Waals surface area contributed by atoms with E-state index in [1.54, 1.807) is 13.0 Å². The minimum Gasteiger partial charge on any atom is -0.469 e. The molecular weight excluding hydrogens is 292 g/mol. The van der Waals surface area contributed by atoms with Gasteiger partial charge in [0.15, 0.2) is 0 Å². The lowest BCUT2D eigenvalue weighted by molar-refractivity contribution is -0.140. The summed E-state index contributed by atoms with van der Waals surface area (Å²) in [5.41, 5.74) is 2.59. The van der Waals surface area contributed by atoms with E-state index in [2.05, 4.69) is 10.1 Å². The van der Waals surface area contributed by atoms with Gasteiger partial charge in [-0.25, -0.2) is 0 Å². The zero-order valence-corrected chi connectivity index (χ0v) is 13.2. The number of carbonyl (C=O) groups excluding carboxylic acids is 2. The second-order valence-electron chi connectivity index (χ2n) is 4.48. The monoisotopic (exact) mass is 312 g/mol. The Hall–Kier alpha value is -2.95. The summed E-state index contributed by atoms with van der Waals surface area (Å²) in [4.78, 5) is 20.5. The molecule has 0 aliphatic heterocycles. The molecule has 0 bridgehead atoms. The van der Waals surface area contributed by atoms with Gasteiger partial charge in [-0.05, 0) is 6.07 Å². The number of para-hydroxylation sites is 1. The fourth-order valence-corrected chi connectivity index (χ4v) is 1.80. The number of carbonyl (C=O) groups is 2. The Morgan fingerprint density at radius 3 is 2.26 bits per heavy atom. The molecule has 0 saturated heterocycles. The van der Waals surface area contributed by atoms with Gasteiger partial charge in [-0.1, -0.05) is 55.5 Å². The van der Waals surface area contributed by atoms with Gasteiger partial charge in [0.1, 0.15) is 0 Å². The molecule has 0 heterocycles. The predicted molar refractivity (Wildman–Crippen MR) is 90.8 cm³/mol. The summed E-state index contributed by atoms with van der Waals surface area (Å²) in [6.07, 6.45) is 1.09. The number of nitrogens with one attached hydrogen (secondary N) is 2. The molecular formula is C18H20N2O3. The second-order valence-corrected chi connectivity index (χ2v) is 4.48. The molecule has 2 rings (SSSR count). The van der Waals surface area contributed by atoms with Crippen molar-refractivity contribution in [1.82, 2.24) is 0 Å². The van der Waals surface area contributed by atoms with E-state index < -0.39 is 0 Å². The van der Waals surface area contributed by atoms with Gasteiger partial charge in [0.05, 0.1) is 12.8 Å². The van der Waals surface area contributed by atoms with E-state index in [1.165, 1.54) is 7.11 Å². The Balaban J connectivity index is 0.000000379. The van der Waals surface area contributed by atoms with Crippen molar-refractivity contribution in [3.63, 3.8) is 0 Å². The van der Waals surface area contributed by atoms with Gasteiger partial charge in [-0.3, -0.25) is 15.0 Å². The Labute approximate surface area is 135 Å². The standard InChI is InChI=1S/C14H12N2O.C4H8O2/c15-14(11-6-2-1-3-7-11)12-8-4-5-9-13(12)16-10-17;1-3-4(5)6-2/h1-10,15H,(H,16,17);3H2,1-2H3. The van der Waals surface area contributed by atoms with Crippen LogP contribution >= 0.6 is 0 Å². The van der Waals surface area contributed by atoms with Crippen molar-refractivity contribution in [3.8, 4) is 0 Å². The number of methoxy groups -OCH3 is 1. The van der Waals surface area contributed by atoms with Crippen molar-refractivity contribution in [3.05, 3.63) is 65.7 Å². The third-order valence-corrected chi connectivity index (χ3v) is 2.99. The number of amides is 1. The molecule has 0 aromatic heterocycles. The Bertz CT molecular complexity index is 648. The molecule has 23 heavy (non-hydrogen) atoms. The number of hydrogen-bond donors (Lipinski definition) is 2. The molecule has 2 N–H and O–H groups in total. The summed E-state index contributed by atoms with van der Waals surface area (Å²) in [5.74, 6) is -0.157. The fraction of sp³-hybridized carbons (Fsp3) is 0.167. The van der Waals surface area contributed by atoms with E-state index in [1.807, 2.05) is 48.5 Å². The number of esters is 1. The van der Waals surface area contributed by atoms with Crippen molar-refractivity contribution in [1.29, 1.82) is 5.41 Å². The van der Waals surface area contributed by atoms with Crippen molar-refractivity contribution in [2.75, 3.05) is 12.4 Å². The maximum atomic E-state index is 10.5. The van der Waals surface area contributed by atoms with Gasteiger partial charge < -0.3 is 10.1 Å². The lowest BCUT2D eigenvalue weighted by Crippen LogP contribution is -2.06. The molecule has 0 aliphatic carbocycles.